The number of nitrogens with one attached hydrogen (secondary N) is 1. The average Bonchev–Trinajstić information content (AvgIpc) is 3.06. The Morgan fingerprint density at radius 3 is 3.30 bits per heavy atom. The standard InChI is InChI=1S/C15H16N4S/c1-19-14-4-2-3-12(11(14)8-17-19)18-10-5-6-13-15(7-10)20-9-16-13/h5-9,12,18H,2-4H2,1H3. The number of aryl methyl sites for hydroxylation is 1. The van der Waals surface area contributed by atoms with Crippen LogP contribution in [0, 0.1) is 0 Å². The van der Waals surface area contributed by atoms with Crippen LogP contribution in [0.1, 0.15) is 30.1 Å². The summed E-state index contributed by atoms with van der Waals surface area (Å²) in [5, 5.41) is 8.06. The van der Waals surface area contributed by atoms with Gasteiger partial charge < -0.3 is 5.32 Å². The van der Waals surface area contributed by atoms with E-state index < -0.39 is 0 Å². The molecule has 2 aromatic heterocycles. The van der Waals surface area contributed by atoms with Crippen LogP contribution >= 0.6 is 11.3 Å². The quantitative estimate of drug-likeness (QED) is 0.783. The van der Waals surface area contributed by atoms with Crippen molar-refractivity contribution in [1.82, 2.24) is 14.8 Å². The third-order valence-corrected chi connectivity index (χ3v) is 4.84. The number of benzene rings is 1. The predicted molar refractivity (Wildman–Crippen MR) is 82.1 cm³/mol. The number of anilines is 1. The molecule has 0 aliphatic heterocycles. The van der Waals surface area contributed by atoms with Gasteiger partial charge in [0.15, 0.2) is 0 Å². The summed E-state index contributed by atoms with van der Waals surface area (Å²) < 4.78 is 3.24. The Labute approximate surface area is 121 Å². The second kappa shape index (κ2) is 4.59. The zero-order valence-electron chi connectivity index (χ0n) is 11.3. The van der Waals surface area contributed by atoms with Crippen LogP contribution < -0.4 is 5.32 Å². The molecule has 5 heteroatoms. The van der Waals surface area contributed by atoms with Gasteiger partial charge in [-0.25, -0.2) is 4.98 Å². The number of hydrogen-bond acceptors (Lipinski definition) is 4. The molecule has 0 radical (unpaired) electrons. The van der Waals surface area contributed by atoms with Gasteiger partial charge in [-0.3, -0.25) is 4.68 Å². The highest BCUT2D eigenvalue weighted by atomic mass is 32.1. The normalized spacial score (nSPS) is 18.1. The molecule has 0 bridgehead atoms. The zero-order valence-corrected chi connectivity index (χ0v) is 12.2. The van der Waals surface area contributed by atoms with E-state index in [1.54, 1.807) is 11.3 Å². The lowest BCUT2D eigenvalue weighted by molar-refractivity contribution is 0.571. The summed E-state index contributed by atoms with van der Waals surface area (Å²) in [6, 6.07) is 6.77. The van der Waals surface area contributed by atoms with Gasteiger partial charge in [0.2, 0.25) is 0 Å². The first-order valence-corrected chi connectivity index (χ1v) is 7.80. The highest BCUT2D eigenvalue weighted by molar-refractivity contribution is 7.16. The van der Waals surface area contributed by atoms with Crippen molar-refractivity contribution in [1.29, 1.82) is 0 Å². The molecule has 1 atom stereocenters. The van der Waals surface area contributed by atoms with E-state index in [1.807, 2.05) is 23.4 Å². The Kier molecular flexibility index (Phi) is 2.73. The van der Waals surface area contributed by atoms with Crippen molar-refractivity contribution < 1.29 is 0 Å². The summed E-state index contributed by atoms with van der Waals surface area (Å²) in [7, 11) is 2.03. The number of rotatable bonds is 2. The molecule has 1 unspecified atom stereocenters. The van der Waals surface area contributed by atoms with Crippen molar-refractivity contribution in [3.05, 3.63) is 41.2 Å². The smallest absolute Gasteiger partial charge is 0.0813 e. The number of hydrogen-bond donors (Lipinski definition) is 1. The van der Waals surface area contributed by atoms with Crippen LogP contribution in [0.2, 0.25) is 0 Å². The monoisotopic (exact) mass is 284 g/mol. The molecule has 20 heavy (non-hydrogen) atoms. The average molecular weight is 284 g/mol. The molecular weight excluding hydrogens is 268 g/mol. The minimum Gasteiger partial charge on any atom is -0.378 e. The highest BCUT2D eigenvalue weighted by Gasteiger charge is 2.23. The predicted octanol–water partition coefficient (Wildman–Crippen LogP) is 3.52. The third-order valence-electron chi connectivity index (χ3n) is 4.05. The maximum atomic E-state index is 4.40. The van der Waals surface area contributed by atoms with Crippen LogP contribution in [-0.2, 0) is 13.5 Å². The van der Waals surface area contributed by atoms with Crippen molar-refractivity contribution in [2.24, 2.45) is 7.05 Å². The van der Waals surface area contributed by atoms with Gasteiger partial charge in [-0.1, -0.05) is 0 Å². The van der Waals surface area contributed by atoms with Crippen molar-refractivity contribution in [2.45, 2.75) is 25.3 Å². The number of thiazole rings is 1. The molecular formula is C15H16N4S. The van der Waals surface area contributed by atoms with E-state index in [0.717, 1.165) is 11.9 Å². The second-order valence-electron chi connectivity index (χ2n) is 5.29. The lowest BCUT2D eigenvalue weighted by Crippen LogP contribution is -2.17. The minimum atomic E-state index is 0.373. The molecule has 102 valence electrons. The Morgan fingerprint density at radius 1 is 1.40 bits per heavy atom. The second-order valence-corrected chi connectivity index (χ2v) is 6.18. The zero-order chi connectivity index (χ0) is 13.5. The van der Waals surface area contributed by atoms with Gasteiger partial charge in [0.05, 0.1) is 28.0 Å². The van der Waals surface area contributed by atoms with Crippen LogP contribution in [0.25, 0.3) is 10.2 Å². The molecule has 4 nitrogen and oxygen atoms in total. The van der Waals surface area contributed by atoms with Crippen molar-refractivity contribution in [2.75, 3.05) is 5.32 Å². The molecule has 0 fully saturated rings. The molecule has 1 aliphatic carbocycles. The van der Waals surface area contributed by atoms with Crippen molar-refractivity contribution in [3.8, 4) is 0 Å². The summed E-state index contributed by atoms with van der Waals surface area (Å²) in [6.07, 6.45) is 5.53. The first-order chi connectivity index (χ1) is 9.81. The van der Waals surface area contributed by atoms with Gasteiger partial charge in [-0.15, -0.1) is 11.3 Å². The van der Waals surface area contributed by atoms with Gasteiger partial charge in [0, 0.05) is 24.0 Å². The lowest BCUT2D eigenvalue weighted by Gasteiger charge is -2.24. The van der Waals surface area contributed by atoms with Crippen LogP contribution in [0.4, 0.5) is 5.69 Å². The van der Waals surface area contributed by atoms with E-state index in [4.69, 9.17) is 0 Å². The molecule has 1 aromatic carbocycles. The van der Waals surface area contributed by atoms with E-state index in [1.165, 1.54) is 34.5 Å². The van der Waals surface area contributed by atoms with E-state index in [9.17, 15) is 0 Å². The van der Waals surface area contributed by atoms with E-state index in [2.05, 4.69) is 33.6 Å². The third kappa shape index (κ3) is 1.89. The van der Waals surface area contributed by atoms with Gasteiger partial charge >= 0.3 is 0 Å². The summed E-state index contributed by atoms with van der Waals surface area (Å²) >= 11 is 1.69. The molecule has 0 amide bonds. The molecule has 1 aliphatic rings. The van der Waals surface area contributed by atoms with Crippen LogP contribution in [0.15, 0.2) is 29.9 Å². The maximum absolute atomic E-state index is 4.40. The van der Waals surface area contributed by atoms with Crippen molar-refractivity contribution in [3.63, 3.8) is 0 Å². The highest BCUT2D eigenvalue weighted by Crippen LogP contribution is 2.33. The molecule has 2 heterocycles. The minimum absolute atomic E-state index is 0.373. The summed E-state index contributed by atoms with van der Waals surface area (Å²) in [5.74, 6) is 0. The Morgan fingerprint density at radius 2 is 2.35 bits per heavy atom. The SMILES string of the molecule is Cn1ncc2c1CCCC2Nc1ccc2ncsc2c1. The van der Waals surface area contributed by atoms with Gasteiger partial charge in [0.1, 0.15) is 0 Å². The van der Waals surface area contributed by atoms with E-state index >= 15 is 0 Å². The Hall–Kier alpha value is -1.88. The molecule has 4 rings (SSSR count). The fourth-order valence-corrected chi connectivity index (χ4v) is 3.72. The Bertz CT molecular complexity index is 758. The largest absolute Gasteiger partial charge is 0.378 e. The summed E-state index contributed by atoms with van der Waals surface area (Å²) in [5.41, 5.74) is 6.86. The topological polar surface area (TPSA) is 42.7 Å². The molecule has 1 N–H and O–H groups in total. The molecule has 0 spiro atoms. The number of nitrogens with zero attached hydrogens (tertiary/aromatic N) is 3. The molecule has 0 saturated heterocycles. The van der Waals surface area contributed by atoms with Gasteiger partial charge in [-0.05, 0) is 37.5 Å². The Balaban J connectivity index is 1.65. The fourth-order valence-electron chi connectivity index (χ4n) is 3.00. The van der Waals surface area contributed by atoms with Crippen LogP contribution in [0.3, 0.4) is 0 Å². The first-order valence-electron chi connectivity index (χ1n) is 6.92. The fraction of sp³-hybridized carbons (Fsp3) is 0.333. The maximum Gasteiger partial charge on any atom is 0.0813 e. The van der Waals surface area contributed by atoms with Crippen molar-refractivity contribution >= 4 is 27.2 Å². The van der Waals surface area contributed by atoms with Gasteiger partial charge in [-0.2, -0.15) is 5.10 Å². The van der Waals surface area contributed by atoms with E-state index in [0.29, 0.717) is 6.04 Å². The van der Waals surface area contributed by atoms with Gasteiger partial charge in [0.25, 0.3) is 0 Å². The van der Waals surface area contributed by atoms with Crippen LogP contribution in [-0.4, -0.2) is 14.8 Å². The number of fused-ring (bicyclic) bond motifs is 2. The van der Waals surface area contributed by atoms with Crippen LogP contribution in [0.5, 0.6) is 0 Å². The molecule has 0 saturated carbocycles. The van der Waals surface area contributed by atoms with E-state index in [-0.39, 0.29) is 0 Å². The molecule has 3 aromatic rings. The summed E-state index contributed by atoms with van der Waals surface area (Å²) in [4.78, 5) is 4.32. The first kappa shape index (κ1) is 11.9. The summed E-state index contributed by atoms with van der Waals surface area (Å²) in [6.45, 7) is 0. The lowest BCUT2D eigenvalue weighted by atomic mass is 9.93. The number of aromatic nitrogens is 3.